The molecule has 7 nitrogen and oxygen atoms in total. The number of anilines is 1. The maximum Gasteiger partial charge on any atom is 0.327 e. The van der Waals surface area contributed by atoms with Gasteiger partial charge in [0, 0.05) is 0 Å². The van der Waals surface area contributed by atoms with E-state index in [0.717, 1.165) is 11.1 Å². The molecule has 0 bridgehead atoms. The fourth-order valence-corrected chi connectivity index (χ4v) is 4.73. The molecular weight excluding hydrogens is 442 g/mol. The fraction of sp³-hybridized carbons (Fsp3) is 0.280. The van der Waals surface area contributed by atoms with Crippen LogP contribution in [0, 0.1) is 6.08 Å². The molecule has 0 amide bonds. The van der Waals surface area contributed by atoms with Gasteiger partial charge in [0.25, 0.3) is 0 Å². The summed E-state index contributed by atoms with van der Waals surface area (Å²) in [6, 6.07) is 22.4. The number of rotatable bonds is 7. The van der Waals surface area contributed by atoms with Gasteiger partial charge in [-0.1, -0.05) is 60.7 Å². The van der Waals surface area contributed by atoms with Gasteiger partial charge in [0.15, 0.2) is 17.6 Å². The quantitative estimate of drug-likeness (QED) is 0.448. The smallest absolute Gasteiger partial charge is 0.327 e. The lowest BCUT2D eigenvalue weighted by Gasteiger charge is -2.24. The van der Waals surface area contributed by atoms with Crippen LogP contribution in [0.2, 0.25) is 0 Å². The second-order valence-electron chi connectivity index (χ2n) is 8.55. The summed E-state index contributed by atoms with van der Waals surface area (Å²) < 4.78 is 49.6. The summed E-state index contributed by atoms with van der Waals surface area (Å²) in [6.45, 7) is 0.514. The third kappa shape index (κ3) is 3.35. The Labute approximate surface area is 194 Å². The molecule has 1 unspecified atom stereocenters. The van der Waals surface area contributed by atoms with Crippen molar-refractivity contribution in [2.45, 2.75) is 43.3 Å². The lowest BCUT2D eigenvalue weighted by Crippen LogP contribution is -2.35. The lowest BCUT2D eigenvalue weighted by atomic mass is 10.1. The number of alkyl halides is 1. The number of ether oxygens (including phenoxy) is 3. The topological polar surface area (TPSA) is 83.9 Å². The van der Waals surface area contributed by atoms with E-state index in [0.29, 0.717) is 17.8 Å². The second-order valence-corrected chi connectivity index (χ2v) is 8.55. The van der Waals surface area contributed by atoms with E-state index in [1.807, 2.05) is 60.7 Å². The number of fused-ring (bicyclic) bond motifs is 2. The average molecular weight is 464 g/mol. The highest BCUT2D eigenvalue weighted by atomic mass is 19.1. The molecular formula is C25H22F2N4O3. The first kappa shape index (κ1) is 21.2. The normalized spacial score (nSPS) is 27.7. The highest BCUT2D eigenvalue weighted by Gasteiger charge is 2.80. The van der Waals surface area contributed by atoms with Gasteiger partial charge in [-0.3, -0.25) is 0 Å². The Kier molecular flexibility index (Phi) is 5.05. The Hall–Kier alpha value is -3.40. The molecule has 5 atom stereocenters. The highest BCUT2D eigenvalue weighted by Crippen LogP contribution is 2.60. The summed E-state index contributed by atoms with van der Waals surface area (Å²) in [5.41, 5.74) is 7.12. The van der Waals surface area contributed by atoms with Crippen LogP contribution < -0.4 is 5.73 Å². The monoisotopic (exact) mass is 464 g/mol. The maximum atomic E-state index is 16.1. The fourth-order valence-electron chi connectivity index (χ4n) is 4.73. The number of nitrogens with two attached hydrogens (primary N) is 1. The Bertz CT molecular complexity index is 1320. The summed E-state index contributed by atoms with van der Waals surface area (Å²) in [5.74, 6) is -0.0311. The van der Waals surface area contributed by atoms with Crippen LogP contribution in [0.5, 0.6) is 0 Å². The minimum Gasteiger partial charge on any atom is -0.382 e. The molecule has 2 aromatic carbocycles. The van der Waals surface area contributed by atoms with Gasteiger partial charge in [-0.2, -0.15) is 9.37 Å². The zero-order valence-electron chi connectivity index (χ0n) is 18.1. The lowest BCUT2D eigenvalue weighted by molar-refractivity contribution is -0.0910. The van der Waals surface area contributed by atoms with Gasteiger partial charge in [-0.15, -0.1) is 5.10 Å². The molecule has 1 aliphatic carbocycles. The first-order chi connectivity index (χ1) is 16.6. The van der Waals surface area contributed by atoms with E-state index in [2.05, 4.69) is 10.1 Å². The van der Waals surface area contributed by atoms with Crippen LogP contribution in [0.1, 0.15) is 22.9 Å². The van der Waals surface area contributed by atoms with Gasteiger partial charge >= 0.3 is 6.08 Å². The van der Waals surface area contributed by atoms with Gasteiger partial charge in [-0.05, 0) is 23.3 Å². The van der Waals surface area contributed by atoms with E-state index >= 15 is 4.39 Å². The third-order valence-corrected chi connectivity index (χ3v) is 6.48. The van der Waals surface area contributed by atoms with Crippen LogP contribution >= 0.6 is 0 Å². The molecule has 2 N–H and O–H groups in total. The van der Waals surface area contributed by atoms with Crippen LogP contribution in [-0.2, 0) is 27.4 Å². The van der Waals surface area contributed by atoms with Crippen LogP contribution in [0.15, 0.2) is 72.8 Å². The predicted molar refractivity (Wildman–Crippen MR) is 119 cm³/mol. The summed E-state index contributed by atoms with van der Waals surface area (Å²) in [6.07, 6.45) is -4.78. The van der Waals surface area contributed by atoms with Gasteiger partial charge in [-0.25, -0.2) is 8.91 Å². The molecule has 0 spiro atoms. The van der Waals surface area contributed by atoms with E-state index < -0.39 is 36.2 Å². The molecule has 1 saturated heterocycles. The van der Waals surface area contributed by atoms with Crippen molar-refractivity contribution in [1.82, 2.24) is 14.6 Å². The molecule has 34 heavy (non-hydrogen) atoms. The molecule has 174 valence electrons. The molecule has 4 aromatic rings. The maximum absolute atomic E-state index is 16.1. The van der Waals surface area contributed by atoms with Gasteiger partial charge in [0.2, 0.25) is 0 Å². The molecule has 1 aliphatic heterocycles. The molecule has 0 radical (unpaired) electrons. The summed E-state index contributed by atoms with van der Waals surface area (Å²) in [7, 11) is 0. The van der Waals surface area contributed by atoms with Crippen molar-refractivity contribution in [3.05, 3.63) is 95.7 Å². The van der Waals surface area contributed by atoms with Crippen LogP contribution in [-0.4, -0.2) is 38.6 Å². The van der Waals surface area contributed by atoms with Gasteiger partial charge in [0.1, 0.15) is 23.8 Å². The zero-order chi connectivity index (χ0) is 23.3. The summed E-state index contributed by atoms with van der Waals surface area (Å²) in [4.78, 5) is 3.53. The molecule has 2 fully saturated rings. The van der Waals surface area contributed by atoms with Crippen LogP contribution in [0.3, 0.4) is 0 Å². The molecule has 2 aromatic heterocycles. The van der Waals surface area contributed by atoms with Crippen molar-refractivity contribution >= 4 is 11.3 Å². The first-order valence-electron chi connectivity index (χ1n) is 11.0. The highest BCUT2D eigenvalue weighted by molar-refractivity contribution is 5.65. The van der Waals surface area contributed by atoms with E-state index in [4.69, 9.17) is 19.9 Å². The molecule has 6 rings (SSSR count). The Morgan fingerprint density at radius 1 is 0.971 bits per heavy atom. The van der Waals surface area contributed by atoms with Crippen molar-refractivity contribution in [3.63, 3.8) is 0 Å². The van der Waals surface area contributed by atoms with Crippen molar-refractivity contribution in [2.24, 2.45) is 0 Å². The zero-order valence-corrected chi connectivity index (χ0v) is 18.1. The number of hydrogen-bond acceptors (Lipinski definition) is 6. The number of nitrogens with zero attached hydrogens (tertiary/aromatic N) is 3. The summed E-state index contributed by atoms with van der Waals surface area (Å²) >= 11 is 0. The van der Waals surface area contributed by atoms with E-state index in [-0.39, 0.29) is 12.4 Å². The van der Waals surface area contributed by atoms with Crippen LogP contribution in [0.4, 0.5) is 14.6 Å². The second kappa shape index (κ2) is 8.12. The molecule has 1 saturated carbocycles. The third-order valence-electron chi connectivity index (χ3n) is 6.48. The number of benzene rings is 2. The number of aromatic nitrogens is 3. The van der Waals surface area contributed by atoms with E-state index in [9.17, 15) is 4.39 Å². The predicted octanol–water partition coefficient (Wildman–Crippen LogP) is 3.78. The summed E-state index contributed by atoms with van der Waals surface area (Å²) in [5, 5.41) is 3.77. The first-order valence-corrected chi connectivity index (χ1v) is 11.0. The minimum atomic E-state index is -1.57. The van der Waals surface area contributed by atoms with E-state index in [1.165, 1.54) is 4.52 Å². The van der Waals surface area contributed by atoms with Gasteiger partial charge < -0.3 is 19.9 Å². The standard InChI is InChI=1S/C25H22F2N4O3/c26-20-19(17-11-12-18-23(28)29-24(27)30-31(17)18)34-22-21(32-13-15-7-3-1-4-8-15)25(20,22)33-14-16-9-5-2-6-10-16/h1-12,19-22H,13-14H2,(H2,28,29,30)/t19?,20-,21-,22+,25+/m0/s1. The van der Waals surface area contributed by atoms with Gasteiger partial charge in [0.05, 0.1) is 18.9 Å². The minimum absolute atomic E-state index is 0.0311. The average Bonchev–Trinajstić information content (AvgIpc) is 3.08. The van der Waals surface area contributed by atoms with Crippen molar-refractivity contribution in [1.29, 1.82) is 0 Å². The molecule has 2 aliphatic rings. The Morgan fingerprint density at radius 3 is 2.35 bits per heavy atom. The SMILES string of the molecule is Nc1nc(F)nn2c(C3O[C@@H]4[C@H](OCc5ccccc5)[C@]4(OCc4ccccc4)[C@H]3F)ccc12. The molecule has 9 heteroatoms. The Balaban J connectivity index is 1.28. The van der Waals surface area contributed by atoms with Crippen molar-refractivity contribution < 1.29 is 23.0 Å². The van der Waals surface area contributed by atoms with Crippen molar-refractivity contribution in [2.75, 3.05) is 5.73 Å². The molecule has 3 heterocycles. The Morgan fingerprint density at radius 2 is 1.65 bits per heavy atom. The number of halogens is 2. The van der Waals surface area contributed by atoms with E-state index in [1.54, 1.807) is 12.1 Å². The number of nitrogen functional groups attached to an aromatic ring is 1. The van der Waals surface area contributed by atoms with Crippen molar-refractivity contribution in [3.8, 4) is 0 Å². The number of hydrogen-bond donors (Lipinski definition) is 1. The van der Waals surface area contributed by atoms with Crippen LogP contribution in [0.25, 0.3) is 5.52 Å². The largest absolute Gasteiger partial charge is 0.382 e.